The van der Waals surface area contributed by atoms with Crippen LogP contribution in [0.15, 0.2) is 0 Å². The summed E-state index contributed by atoms with van der Waals surface area (Å²) in [5.74, 6) is -0.412. The van der Waals surface area contributed by atoms with Crippen LogP contribution in [0.3, 0.4) is 0 Å². The van der Waals surface area contributed by atoms with Gasteiger partial charge in [0, 0.05) is 18.6 Å². The summed E-state index contributed by atoms with van der Waals surface area (Å²) < 4.78 is 35.0. The van der Waals surface area contributed by atoms with Crippen LogP contribution in [-0.4, -0.2) is 43.6 Å². The van der Waals surface area contributed by atoms with Crippen LogP contribution in [0, 0.1) is 0 Å². The molecule has 7 nitrogen and oxygen atoms in total. The molecule has 0 bridgehead atoms. The van der Waals surface area contributed by atoms with E-state index in [1.807, 2.05) is 0 Å². The summed E-state index contributed by atoms with van der Waals surface area (Å²) >= 11 is 1.00. The summed E-state index contributed by atoms with van der Waals surface area (Å²) in [4.78, 5) is 25.2. The Balaban J connectivity index is 4.29. The van der Waals surface area contributed by atoms with Gasteiger partial charge in [0.05, 0.1) is 13.2 Å². The summed E-state index contributed by atoms with van der Waals surface area (Å²) in [6.07, 6.45) is 32.5. The third-order valence-corrected chi connectivity index (χ3v) is 12.7. The highest BCUT2D eigenvalue weighted by molar-refractivity contribution is 8.55. The molecule has 0 fully saturated rings. The first-order valence-electron chi connectivity index (χ1n) is 20.3. The molecule has 0 saturated carbocycles. The molecular weight excluding hydrogens is 643 g/mol. The van der Waals surface area contributed by atoms with E-state index in [1.165, 1.54) is 128 Å². The Hall–Kier alpha value is -0.560. The lowest BCUT2D eigenvalue weighted by molar-refractivity contribution is -0.157. The fourth-order valence-electron chi connectivity index (χ4n) is 5.80. The molecule has 0 N–H and O–H groups in total. The van der Waals surface area contributed by atoms with Crippen molar-refractivity contribution in [3.8, 4) is 0 Å². The fraction of sp³-hybridized carbons (Fsp3) is 0.949. The summed E-state index contributed by atoms with van der Waals surface area (Å²) in [6, 6.07) is 0. The number of rotatable bonds is 38. The van der Waals surface area contributed by atoms with Gasteiger partial charge < -0.3 is 18.5 Å². The van der Waals surface area contributed by atoms with E-state index in [-0.39, 0.29) is 37.5 Å². The molecule has 1 atom stereocenters. The zero-order chi connectivity index (χ0) is 35.4. The van der Waals surface area contributed by atoms with Gasteiger partial charge in [-0.2, -0.15) is 0 Å². The Morgan fingerprint density at radius 1 is 0.500 bits per heavy atom. The molecule has 0 radical (unpaired) electrons. The van der Waals surface area contributed by atoms with Crippen molar-refractivity contribution in [1.29, 1.82) is 0 Å². The maximum Gasteiger partial charge on any atom is 0.389 e. The van der Waals surface area contributed by atoms with Crippen molar-refractivity contribution in [2.75, 3.05) is 25.6 Å². The van der Waals surface area contributed by atoms with Gasteiger partial charge in [-0.05, 0) is 38.1 Å². The molecule has 9 heteroatoms. The number of hydrogen-bond acceptors (Lipinski definition) is 8. The Labute approximate surface area is 301 Å². The Kier molecular flexibility index (Phi) is 35.8. The van der Waals surface area contributed by atoms with Gasteiger partial charge in [0.15, 0.2) is 0 Å². The number of carbonyl (C=O) groups is 2. The maximum atomic E-state index is 13.0. The topological polar surface area (TPSA) is 88.1 Å². The average molecular weight is 721 g/mol. The van der Waals surface area contributed by atoms with E-state index in [1.54, 1.807) is 13.8 Å². The van der Waals surface area contributed by atoms with Crippen LogP contribution in [0.2, 0.25) is 0 Å². The molecule has 0 aliphatic carbocycles. The molecule has 0 aliphatic heterocycles. The van der Waals surface area contributed by atoms with Crippen molar-refractivity contribution in [2.45, 2.75) is 214 Å². The standard InChI is InChI=1S/C39H77O7PS/c1-5-9-11-13-15-17-19-21-23-25-27-29-31-33-38(40)43-35-37(36-48-47(42,44-7-3)45-8-4)46-39(41)34-32-30-28-26-24-22-20-18-16-14-12-10-6-2/h37H,5-36H2,1-4H3. The highest BCUT2D eigenvalue weighted by Gasteiger charge is 2.28. The molecule has 48 heavy (non-hydrogen) atoms. The SMILES string of the molecule is CCCCCCCCCCCCCCCC(=O)OCC(CSP(=O)(OCC)OCC)OC(=O)CCCCCCCCCCCCCCC. The maximum absolute atomic E-state index is 13.0. The van der Waals surface area contributed by atoms with Gasteiger partial charge in [0.25, 0.3) is 0 Å². The lowest BCUT2D eigenvalue weighted by atomic mass is 10.0. The van der Waals surface area contributed by atoms with Crippen molar-refractivity contribution < 1.29 is 32.7 Å². The average Bonchev–Trinajstić information content (AvgIpc) is 3.07. The number of esters is 2. The summed E-state index contributed by atoms with van der Waals surface area (Å²) in [6.45, 7) is 5.12. The van der Waals surface area contributed by atoms with Crippen LogP contribution >= 0.6 is 18.2 Å². The highest BCUT2D eigenvalue weighted by Crippen LogP contribution is 2.60. The van der Waals surface area contributed by atoms with Gasteiger partial charge in [-0.1, -0.05) is 168 Å². The van der Waals surface area contributed by atoms with E-state index in [0.29, 0.717) is 12.8 Å². The van der Waals surface area contributed by atoms with Crippen LogP contribution in [0.4, 0.5) is 0 Å². The van der Waals surface area contributed by atoms with Gasteiger partial charge in [0.1, 0.15) is 12.7 Å². The van der Waals surface area contributed by atoms with Gasteiger partial charge in [0.2, 0.25) is 0 Å². The van der Waals surface area contributed by atoms with Crippen LogP contribution in [0.5, 0.6) is 0 Å². The summed E-state index contributed by atoms with van der Waals surface area (Å²) in [5.41, 5.74) is 0. The first-order chi connectivity index (χ1) is 23.4. The van der Waals surface area contributed by atoms with Crippen molar-refractivity contribution in [3.63, 3.8) is 0 Å². The van der Waals surface area contributed by atoms with Gasteiger partial charge >= 0.3 is 18.7 Å². The van der Waals surface area contributed by atoms with Crippen LogP contribution in [-0.2, 0) is 32.7 Å². The quantitative estimate of drug-likeness (QED) is 0.0354. The molecule has 0 aromatic carbocycles. The zero-order valence-electron chi connectivity index (χ0n) is 31.9. The molecule has 0 aromatic rings. The minimum atomic E-state index is -3.37. The molecule has 0 heterocycles. The smallest absolute Gasteiger partial charge is 0.389 e. The van der Waals surface area contributed by atoms with Crippen molar-refractivity contribution in [1.82, 2.24) is 0 Å². The van der Waals surface area contributed by atoms with Crippen molar-refractivity contribution in [2.24, 2.45) is 0 Å². The molecule has 0 spiro atoms. The third kappa shape index (κ3) is 32.6. The molecule has 286 valence electrons. The summed E-state index contributed by atoms with van der Waals surface area (Å²) in [5, 5.41) is 0. The van der Waals surface area contributed by atoms with E-state index >= 15 is 0 Å². The first-order valence-corrected chi connectivity index (χ1v) is 23.4. The Morgan fingerprint density at radius 3 is 1.19 bits per heavy atom. The van der Waals surface area contributed by atoms with Crippen LogP contribution in [0.25, 0.3) is 0 Å². The van der Waals surface area contributed by atoms with E-state index < -0.39 is 12.9 Å². The van der Waals surface area contributed by atoms with E-state index in [9.17, 15) is 14.2 Å². The predicted octanol–water partition coefficient (Wildman–Crippen LogP) is 13.3. The third-order valence-electron chi connectivity index (χ3n) is 8.69. The molecule has 0 aliphatic rings. The predicted molar refractivity (Wildman–Crippen MR) is 205 cm³/mol. The molecule has 0 rings (SSSR count). The Bertz CT molecular complexity index is 757. The van der Waals surface area contributed by atoms with Crippen LogP contribution in [0.1, 0.15) is 207 Å². The van der Waals surface area contributed by atoms with Gasteiger partial charge in [-0.15, -0.1) is 0 Å². The second-order valence-electron chi connectivity index (χ2n) is 13.4. The number of hydrogen-bond donors (Lipinski definition) is 0. The van der Waals surface area contributed by atoms with E-state index in [0.717, 1.165) is 49.9 Å². The van der Waals surface area contributed by atoms with Crippen molar-refractivity contribution >= 4 is 30.1 Å². The second kappa shape index (κ2) is 36.2. The molecule has 0 saturated heterocycles. The van der Waals surface area contributed by atoms with E-state index in [2.05, 4.69) is 13.8 Å². The fourth-order valence-corrected chi connectivity index (χ4v) is 9.29. The normalized spacial score (nSPS) is 12.3. The van der Waals surface area contributed by atoms with Crippen molar-refractivity contribution in [3.05, 3.63) is 0 Å². The number of unbranched alkanes of at least 4 members (excludes halogenated alkanes) is 24. The molecule has 1 unspecified atom stereocenters. The molecule has 0 aromatic heterocycles. The molecular formula is C39H77O7PS. The summed E-state index contributed by atoms with van der Waals surface area (Å²) in [7, 11) is 0. The Morgan fingerprint density at radius 2 is 0.833 bits per heavy atom. The van der Waals surface area contributed by atoms with Crippen LogP contribution < -0.4 is 0 Å². The molecule has 0 amide bonds. The lowest BCUT2D eigenvalue weighted by Gasteiger charge is -2.21. The minimum Gasteiger partial charge on any atom is -0.462 e. The first kappa shape index (κ1) is 47.4. The zero-order valence-corrected chi connectivity index (χ0v) is 33.6. The highest BCUT2D eigenvalue weighted by atomic mass is 32.7. The monoisotopic (exact) mass is 721 g/mol. The number of ether oxygens (including phenoxy) is 2. The van der Waals surface area contributed by atoms with Gasteiger partial charge in [-0.25, -0.2) is 4.57 Å². The van der Waals surface area contributed by atoms with Gasteiger partial charge in [-0.3, -0.25) is 9.59 Å². The minimum absolute atomic E-state index is 0.0487. The second-order valence-corrected chi connectivity index (χ2v) is 17.5. The largest absolute Gasteiger partial charge is 0.462 e. The lowest BCUT2D eigenvalue weighted by Crippen LogP contribution is -2.27. The van der Waals surface area contributed by atoms with E-state index in [4.69, 9.17) is 18.5 Å². The number of carbonyl (C=O) groups excluding carboxylic acids is 2.